The van der Waals surface area contributed by atoms with Gasteiger partial charge in [-0.15, -0.1) is 0 Å². The number of aliphatic carboxylic acids is 1. The van der Waals surface area contributed by atoms with Crippen LogP contribution in [-0.2, 0) is 22.2 Å². The van der Waals surface area contributed by atoms with Crippen LogP contribution in [-0.4, -0.2) is 28.3 Å². The molecule has 31 heavy (non-hydrogen) atoms. The summed E-state index contributed by atoms with van der Waals surface area (Å²) in [7, 11) is 0. The number of amides is 2. The summed E-state index contributed by atoms with van der Waals surface area (Å²) in [6.07, 6.45) is -3.28. The molecule has 0 bridgehead atoms. The predicted octanol–water partition coefficient (Wildman–Crippen LogP) is 3.78. The van der Waals surface area contributed by atoms with Gasteiger partial charge < -0.3 is 15.6 Å². The maximum atomic E-state index is 13.2. The Balaban J connectivity index is 1.91. The summed E-state index contributed by atoms with van der Waals surface area (Å²) < 4.78 is 45.1. The fourth-order valence-corrected chi connectivity index (χ4v) is 3.32. The molecule has 4 N–H and O–H groups in total. The number of alkyl halides is 3. The van der Waals surface area contributed by atoms with Crippen LogP contribution in [0.1, 0.15) is 16.7 Å². The van der Waals surface area contributed by atoms with Crippen molar-refractivity contribution in [1.82, 2.24) is 5.32 Å². The molecule has 1 fully saturated rings. The van der Waals surface area contributed by atoms with Crippen LogP contribution < -0.4 is 15.8 Å². The molecule has 0 aromatic heterocycles. The largest absolute Gasteiger partial charge is 0.480 e. The topological polar surface area (TPSA) is 119 Å². The second kappa shape index (κ2) is 8.82. The van der Waals surface area contributed by atoms with Gasteiger partial charge in [0.15, 0.2) is 0 Å². The van der Waals surface area contributed by atoms with E-state index >= 15 is 0 Å². The molecule has 162 valence electrons. The zero-order chi connectivity index (χ0) is 22.8. The van der Waals surface area contributed by atoms with Gasteiger partial charge in [0.1, 0.15) is 17.5 Å². The van der Waals surface area contributed by atoms with Crippen LogP contribution in [0.2, 0.25) is 0 Å². The molecule has 0 saturated carbocycles. The smallest absolute Gasteiger partial charge is 0.416 e. The van der Waals surface area contributed by atoms with E-state index in [1.54, 1.807) is 12.1 Å². The van der Waals surface area contributed by atoms with Crippen molar-refractivity contribution in [3.05, 3.63) is 64.1 Å². The predicted molar refractivity (Wildman–Crippen MR) is 106 cm³/mol. The number of rotatable bonds is 6. The summed E-state index contributed by atoms with van der Waals surface area (Å²) in [5, 5.41) is 10.4. The summed E-state index contributed by atoms with van der Waals surface area (Å²) >= 11 is 0.627. The number of nitrogens with two attached hydrogens (primary N) is 1. The van der Waals surface area contributed by atoms with E-state index in [0.29, 0.717) is 17.3 Å². The first-order valence-corrected chi connectivity index (χ1v) is 9.56. The fourth-order valence-electron chi connectivity index (χ4n) is 2.64. The van der Waals surface area contributed by atoms with Gasteiger partial charge in [-0.2, -0.15) is 13.2 Å². The Morgan fingerprint density at radius 2 is 1.87 bits per heavy atom. The number of carboxylic acids is 1. The van der Waals surface area contributed by atoms with E-state index in [1.165, 1.54) is 18.2 Å². The van der Waals surface area contributed by atoms with Crippen LogP contribution in [0.4, 0.5) is 18.0 Å². The second-order valence-corrected chi connectivity index (χ2v) is 7.51. The van der Waals surface area contributed by atoms with E-state index < -0.39 is 34.9 Å². The lowest BCUT2D eigenvalue weighted by molar-refractivity contribution is -0.139. The maximum Gasteiger partial charge on any atom is 0.416 e. The molecular formula is C20H15F3N2O5S. The van der Waals surface area contributed by atoms with Gasteiger partial charge in [0.05, 0.1) is 10.5 Å². The second-order valence-electron chi connectivity index (χ2n) is 6.50. The van der Waals surface area contributed by atoms with E-state index in [2.05, 4.69) is 5.32 Å². The number of nitrogens with one attached hydrogen (secondary N) is 1. The third kappa shape index (κ3) is 5.64. The van der Waals surface area contributed by atoms with E-state index in [4.69, 9.17) is 15.6 Å². The summed E-state index contributed by atoms with van der Waals surface area (Å²) in [5.74, 6) is -1.80. The molecule has 0 aliphatic carbocycles. The van der Waals surface area contributed by atoms with E-state index in [0.717, 1.165) is 18.2 Å². The summed E-state index contributed by atoms with van der Waals surface area (Å²) in [6, 6.07) is 7.69. The lowest BCUT2D eigenvalue weighted by atomic mass is 10.1. The van der Waals surface area contributed by atoms with Crippen LogP contribution in [0.15, 0.2) is 47.4 Å². The van der Waals surface area contributed by atoms with Crippen molar-refractivity contribution in [2.45, 2.75) is 18.6 Å². The number of benzene rings is 2. The Kier molecular flexibility index (Phi) is 6.37. The van der Waals surface area contributed by atoms with Crippen LogP contribution in [0.5, 0.6) is 11.5 Å². The van der Waals surface area contributed by atoms with Gasteiger partial charge in [-0.3, -0.25) is 19.7 Å². The normalized spacial score (nSPS) is 16.3. The van der Waals surface area contributed by atoms with E-state index in [1.807, 2.05) is 0 Å². The summed E-state index contributed by atoms with van der Waals surface area (Å²) in [5.41, 5.74) is 5.30. The molecule has 2 aromatic carbocycles. The minimum Gasteiger partial charge on any atom is -0.480 e. The average Bonchev–Trinajstić information content (AvgIpc) is 3.00. The highest BCUT2D eigenvalue weighted by Gasteiger charge is 2.32. The highest BCUT2D eigenvalue weighted by Crippen LogP contribution is 2.37. The minimum atomic E-state index is -4.62. The maximum absolute atomic E-state index is 13.2. The molecule has 2 amide bonds. The molecule has 0 radical (unpaired) electrons. The number of thioether (sulfide) groups is 1. The zero-order valence-corrected chi connectivity index (χ0v) is 16.4. The van der Waals surface area contributed by atoms with Gasteiger partial charge in [-0.1, -0.05) is 18.2 Å². The molecule has 0 spiro atoms. The highest BCUT2D eigenvalue weighted by molar-refractivity contribution is 8.18. The van der Waals surface area contributed by atoms with Gasteiger partial charge in [0.25, 0.3) is 11.1 Å². The zero-order valence-electron chi connectivity index (χ0n) is 15.6. The minimum absolute atomic E-state index is 0.0209. The first-order chi connectivity index (χ1) is 14.5. The van der Waals surface area contributed by atoms with Crippen molar-refractivity contribution in [3.8, 4) is 11.5 Å². The van der Waals surface area contributed by atoms with E-state index in [9.17, 15) is 27.6 Å². The Bertz CT molecular complexity index is 1070. The molecule has 1 saturated heterocycles. The van der Waals surface area contributed by atoms with Crippen molar-refractivity contribution in [1.29, 1.82) is 0 Å². The van der Waals surface area contributed by atoms with Gasteiger partial charge >= 0.3 is 12.1 Å². The monoisotopic (exact) mass is 452 g/mol. The number of hydrogen-bond acceptors (Lipinski definition) is 6. The number of carbonyl (C=O) groups excluding carboxylic acids is 2. The van der Waals surface area contributed by atoms with Crippen molar-refractivity contribution in [2.75, 3.05) is 0 Å². The van der Waals surface area contributed by atoms with Crippen molar-refractivity contribution >= 4 is 35.0 Å². The molecular weight excluding hydrogens is 437 g/mol. The number of halogens is 3. The lowest BCUT2D eigenvalue weighted by Crippen LogP contribution is -2.32. The Labute approximate surface area is 178 Å². The van der Waals surface area contributed by atoms with Crippen LogP contribution >= 0.6 is 11.8 Å². The van der Waals surface area contributed by atoms with E-state index in [-0.39, 0.29) is 28.4 Å². The average molecular weight is 452 g/mol. The number of imide groups is 1. The summed E-state index contributed by atoms with van der Waals surface area (Å²) in [6.45, 7) is 0. The standard InChI is InChI=1S/C20H15F3N2O5S/c21-20(22,23)12-4-3-11(8-16-17(26)25-19(29)31-16)15(9-12)30-13-5-1-10(2-6-13)7-14(24)18(27)28/h1-6,8-9,14H,7,24H2,(H,27,28)(H,25,26,29)/b16-8-. The van der Waals surface area contributed by atoms with Crippen molar-refractivity contribution < 1.29 is 37.4 Å². The molecule has 11 heteroatoms. The van der Waals surface area contributed by atoms with Gasteiger partial charge in [-0.25, -0.2) is 0 Å². The molecule has 1 aliphatic heterocycles. The quantitative estimate of drug-likeness (QED) is 0.571. The Morgan fingerprint density at radius 1 is 1.19 bits per heavy atom. The van der Waals surface area contributed by atoms with Gasteiger partial charge in [-0.05, 0) is 54.1 Å². The third-order valence-corrected chi connectivity index (χ3v) is 5.00. The highest BCUT2D eigenvalue weighted by atomic mass is 32.2. The molecule has 7 nitrogen and oxygen atoms in total. The van der Waals surface area contributed by atoms with Gasteiger partial charge in [0, 0.05) is 5.56 Å². The number of ether oxygens (including phenoxy) is 1. The molecule has 2 aromatic rings. The van der Waals surface area contributed by atoms with Crippen molar-refractivity contribution in [2.24, 2.45) is 5.73 Å². The lowest BCUT2D eigenvalue weighted by Gasteiger charge is -2.14. The fraction of sp³-hybridized carbons (Fsp3) is 0.150. The molecule has 1 aliphatic rings. The first kappa shape index (κ1) is 22.4. The number of hydrogen-bond donors (Lipinski definition) is 3. The van der Waals surface area contributed by atoms with Gasteiger partial charge in [0.2, 0.25) is 0 Å². The molecule has 1 atom stereocenters. The van der Waals surface area contributed by atoms with Crippen LogP contribution in [0.25, 0.3) is 6.08 Å². The third-order valence-electron chi connectivity index (χ3n) is 4.19. The first-order valence-electron chi connectivity index (χ1n) is 8.74. The Hall–Kier alpha value is -3.31. The van der Waals surface area contributed by atoms with Crippen molar-refractivity contribution in [3.63, 3.8) is 0 Å². The molecule has 3 rings (SSSR count). The molecule has 1 heterocycles. The summed E-state index contributed by atoms with van der Waals surface area (Å²) in [4.78, 5) is 34.0. The Morgan fingerprint density at radius 3 is 2.42 bits per heavy atom. The number of carbonyl (C=O) groups is 3. The SMILES string of the molecule is NC(Cc1ccc(Oc2cc(C(F)(F)F)ccc2/C=C2\SC(=O)NC2=O)cc1)C(=O)O. The van der Waals surface area contributed by atoms with Crippen LogP contribution in [0, 0.1) is 0 Å². The van der Waals surface area contributed by atoms with Crippen LogP contribution in [0.3, 0.4) is 0 Å². The molecule has 1 unspecified atom stereocenters. The number of carboxylic acid groups (broad SMARTS) is 1.